The summed E-state index contributed by atoms with van der Waals surface area (Å²) in [7, 11) is 0. The van der Waals surface area contributed by atoms with Crippen LogP contribution < -0.4 is 20.1 Å². The third-order valence-corrected chi connectivity index (χ3v) is 3.92. The van der Waals surface area contributed by atoms with Crippen LogP contribution in [0.4, 0.5) is 11.4 Å². The van der Waals surface area contributed by atoms with Gasteiger partial charge in [-0.2, -0.15) is 0 Å². The molecule has 0 radical (unpaired) electrons. The first-order valence-corrected chi connectivity index (χ1v) is 7.67. The van der Waals surface area contributed by atoms with Gasteiger partial charge in [-0.25, -0.2) is 0 Å². The van der Waals surface area contributed by atoms with Gasteiger partial charge in [0.1, 0.15) is 11.7 Å². The predicted molar refractivity (Wildman–Crippen MR) is 86.7 cm³/mol. The first kappa shape index (κ1) is 18.5. The number of nitro groups is 1. The Morgan fingerprint density at radius 1 is 1.36 bits per heavy atom. The Bertz CT molecular complexity index is 692. The number of benzene rings is 1. The SMILES string of the molecule is CC[C@H](C)[C@H](NCC(=O)Nc1cc2c(cc1[N+](=O)[O-])OCO2)C(=O)O. The van der Waals surface area contributed by atoms with Gasteiger partial charge in [0, 0.05) is 6.07 Å². The lowest BCUT2D eigenvalue weighted by Gasteiger charge is -2.19. The quantitative estimate of drug-likeness (QED) is 0.470. The Kier molecular flexibility index (Phi) is 5.75. The fraction of sp³-hybridized carbons (Fsp3) is 0.467. The molecule has 1 aliphatic rings. The second kappa shape index (κ2) is 7.79. The van der Waals surface area contributed by atoms with Crippen molar-refractivity contribution in [2.45, 2.75) is 26.3 Å². The van der Waals surface area contributed by atoms with Crippen LogP contribution in [0.2, 0.25) is 0 Å². The topological polar surface area (TPSA) is 140 Å². The summed E-state index contributed by atoms with van der Waals surface area (Å²) in [5.41, 5.74) is -0.384. The number of nitro benzene ring substituents is 1. The van der Waals surface area contributed by atoms with Gasteiger partial charge < -0.3 is 19.9 Å². The molecule has 2 rings (SSSR count). The van der Waals surface area contributed by atoms with Crippen molar-refractivity contribution in [3.63, 3.8) is 0 Å². The van der Waals surface area contributed by atoms with Crippen molar-refractivity contribution in [2.75, 3.05) is 18.7 Å². The molecule has 1 amide bonds. The third kappa shape index (κ3) is 4.35. The van der Waals surface area contributed by atoms with Gasteiger partial charge in [-0.05, 0) is 5.92 Å². The Morgan fingerprint density at radius 3 is 2.56 bits per heavy atom. The van der Waals surface area contributed by atoms with Crippen LogP contribution in [0.3, 0.4) is 0 Å². The molecule has 1 aliphatic heterocycles. The van der Waals surface area contributed by atoms with Crippen LogP contribution >= 0.6 is 0 Å². The lowest BCUT2D eigenvalue weighted by atomic mass is 9.99. The van der Waals surface area contributed by atoms with E-state index in [0.29, 0.717) is 6.42 Å². The maximum atomic E-state index is 12.1. The highest BCUT2D eigenvalue weighted by molar-refractivity contribution is 5.95. The minimum atomic E-state index is -1.06. The van der Waals surface area contributed by atoms with Gasteiger partial charge in [-0.15, -0.1) is 0 Å². The number of nitrogens with one attached hydrogen (secondary N) is 2. The van der Waals surface area contributed by atoms with E-state index < -0.39 is 22.8 Å². The lowest BCUT2D eigenvalue weighted by molar-refractivity contribution is -0.384. The number of nitrogens with zero attached hydrogens (tertiary/aromatic N) is 1. The second-order valence-electron chi connectivity index (χ2n) is 5.61. The molecule has 136 valence electrons. The molecule has 0 bridgehead atoms. The molecule has 0 unspecified atom stereocenters. The molecule has 10 heteroatoms. The van der Waals surface area contributed by atoms with Crippen molar-refractivity contribution in [3.05, 3.63) is 22.2 Å². The molecule has 1 heterocycles. The minimum Gasteiger partial charge on any atom is -0.480 e. The van der Waals surface area contributed by atoms with E-state index in [0.717, 1.165) is 0 Å². The molecule has 10 nitrogen and oxygen atoms in total. The molecule has 2 atom stereocenters. The summed E-state index contributed by atoms with van der Waals surface area (Å²) in [6.45, 7) is 3.25. The first-order chi connectivity index (χ1) is 11.8. The molecule has 1 aromatic carbocycles. The number of rotatable bonds is 8. The summed E-state index contributed by atoms with van der Waals surface area (Å²) in [5, 5.41) is 25.4. The molecule has 0 aliphatic carbocycles. The zero-order valence-electron chi connectivity index (χ0n) is 13.8. The number of amides is 1. The van der Waals surface area contributed by atoms with Crippen molar-refractivity contribution < 1.29 is 29.1 Å². The van der Waals surface area contributed by atoms with Crippen molar-refractivity contribution >= 4 is 23.3 Å². The Hall–Kier alpha value is -2.88. The average molecular weight is 353 g/mol. The average Bonchev–Trinajstić information content (AvgIpc) is 3.00. The lowest BCUT2D eigenvalue weighted by Crippen LogP contribution is -2.45. The van der Waals surface area contributed by atoms with Crippen LogP contribution in [0.5, 0.6) is 11.5 Å². The summed E-state index contributed by atoms with van der Waals surface area (Å²) in [4.78, 5) is 33.8. The fourth-order valence-corrected chi connectivity index (χ4v) is 2.35. The molecule has 25 heavy (non-hydrogen) atoms. The molecular weight excluding hydrogens is 334 g/mol. The van der Waals surface area contributed by atoms with E-state index in [1.165, 1.54) is 12.1 Å². The zero-order chi connectivity index (χ0) is 18.6. The van der Waals surface area contributed by atoms with E-state index in [1.54, 1.807) is 6.92 Å². The highest BCUT2D eigenvalue weighted by atomic mass is 16.7. The molecular formula is C15H19N3O7. The number of hydrogen-bond donors (Lipinski definition) is 3. The van der Waals surface area contributed by atoms with E-state index in [4.69, 9.17) is 9.47 Å². The summed E-state index contributed by atoms with van der Waals surface area (Å²) in [6.07, 6.45) is 0.624. The third-order valence-electron chi connectivity index (χ3n) is 3.92. The highest BCUT2D eigenvalue weighted by Crippen LogP contribution is 2.40. The van der Waals surface area contributed by atoms with Gasteiger partial charge in [0.2, 0.25) is 12.7 Å². The predicted octanol–water partition coefficient (Wildman–Crippen LogP) is 1.35. The van der Waals surface area contributed by atoms with Crippen LogP contribution in [-0.4, -0.2) is 41.3 Å². The van der Waals surface area contributed by atoms with Crippen molar-refractivity contribution in [3.8, 4) is 11.5 Å². The van der Waals surface area contributed by atoms with E-state index in [1.807, 2.05) is 6.92 Å². The van der Waals surface area contributed by atoms with Gasteiger partial charge >= 0.3 is 5.97 Å². The molecule has 0 saturated heterocycles. The number of aliphatic carboxylic acids is 1. The number of fused-ring (bicyclic) bond motifs is 1. The van der Waals surface area contributed by atoms with E-state index in [-0.39, 0.29) is 42.1 Å². The summed E-state index contributed by atoms with van der Waals surface area (Å²) >= 11 is 0. The molecule has 0 spiro atoms. The van der Waals surface area contributed by atoms with Gasteiger partial charge in [0.15, 0.2) is 11.5 Å². The molecule has 0 fully saturated rings. The fourth-order valence-electron chi connectivity index (χ4n) is 2.35. The van der Waals surface area contributed by atoms with Gasteiger partial charge in [-0.1, -0.05) is 20.3 Å². The van der Waals surface area contributed by atoms with Gasteiger partial charge in [0.05, 0.1) is 17.5 Å². The maximum absolute atomic E-state index is 12.1. The maximum Gasteiger partial charge on any atom is 0.320 e. The Labute approximate surface area is 143 Å². The van der Waals surface area contributed by atoms with E-state index in [9.17, 15) is 24.8 Å². The number of ether oxygens (including phenoxy) is 2. The van der Waals surface area contributed by atoms with Crippen molar-refractivity contribution in [1.29, 1.82) is 0 Å². The molecule has 0 saturated carbocycles. The second-order valence-corrected chi connectivity index (χ2v) is 5.61. The summed E-state index contributed by atoms with van der Waals surface area (Å²) in [5.74, 6) is -1.32. The van der Waals surface area contributed by atoms with Crippen LogP contribution in [0.25, 0.3) is 0 Å². The van der Waals surface area contributed by atoms with Crippen LogP contribution in [0.15, 0.2) is 12.1 Å². The number of carbonyl (C=O) groups is 2. The monoisotopic (exact) mass is 353 g/mol. The van der Waals surface area contributed by atoms with Crippen molar-refractivity contribution in [1.82, 2.24) is 5.32 Å². The number of carbonyl (C=O) groups excluding carboxylic acids is 1. The molecule has 1 aromatic rings. The van der Waals surface area contributed by atoms with E-state index in [2.05, 4.69) is 10.6 Å². The van der Waals surface area contributed by atoms with Gasteiger partial charge in [0.25, 0.3) is 5.69 Å². The van der Waals surface area contributed by atoms with Crippen LogP contribution in [-0.2, 0) is 9.59 Å². The number of carboxylic acids is 1. The smallest absolute Gasteiger partial charge is 0.320 e. The molecule has 0 aromatic heterocycles. The van der Waals surface area contributed by atoms with E-state index >= 15 is 0 Å². The van der Waals surface area contributed by atoms with Crippen LogP contribution in [0.1, 0.15) is 20.3 Å². The Balaban J connectivity index is 2.07. The zero-order valence-corrected chi connectivity index (χ0v) is 13.8. The van der Waals surface area contributed by atoms with Crippen molar-refractivity contribution in [2.24, 2.45) is 5.92 Å². The molecule has 3 N–H and O–H groups in total. The normalized spacial score (nSPS) is 14.6. The highest BCUT2D eigenvalue weighted by Gasteiger charge is 2.26. The number of carboxylic acid groups (broad SMARTS) is 1. The number of hydrogen-bond acceptors (Lipinski definition) is 7. The first-order valence-electron chi connectivity index (χ1n) is 7.67. The largest absolute Gasteiger partial charge is 0.480 e. The van der Waals surface area contributed by atoms with Crippen LogP contribution in [0, 0.1) is 16.0 Å². The minimum absolute atomic E-state index is 0.0449. The summed E-state index contributed by atoms with van der Waals surface area (Å²) in [6, 6.07) is 1.59. The summed E-state index contributed by atoms with van der Waals surface area (Å²) < 4.78 is 10.2. The standard InChI is InChI=1S/C15H19N3O7/c1-3-8(2)14(15(20)21)16-6-13(19)17-9-4-11-12(25-7-24-11)5-10(9)18(22)23/h4-5,8,14,16H,3,6-7H2,1-2H3,(H,17,19)(H,20,21)/t8-,14-/m0/s1. The Morgan fingerprint density at radius 2 is 2.00 bits per heavy atom. The van der Waals surface area contributed by atoms with Gasteiger partial charge in [-0.3, -0.25) is 25.0 Å². The number of anilines is 1.